The third-order valence-corrected chi connectivity index (χ3v) is 5.56. The predicted molar refractivity (Wildman–Crippen MR) is 98.2 cm³/mol. The van der Waals surface area contributed by atoms with E-state index in [1.165, 1.54) is 0 Å². The minimum Gasteiger partial charge on any atom is -0.323 e. The number of rotatable bonds is 3. The van der Waals surface area contributed by atoms with Gasteiger partial charge in [-0.1, -0.05) is 31.7 Å². The molecule has 0 unspecified atom stereocenters. The van der Waals surface area contributed by atoms with Crippen molar-refractivity contribution in [3.8, 4) is 0 Å². The van der Waals surface area contributed by atoms with E-state index in [0.29, 0.717) is 18.5 Å². The Morgan fingerprint density at radius 2 is 1.92 bits per heavy atom. The number of nitrogens with zero attached hydrogens (tertiary/aromatic N) is 1. The average molecular weight is 408 g/mol. The summed E-state index contributed by atoms with van der Waals surface area (Å²) in [7, 11) is 0. The molecule has 1 saturated carbocycles. The summed E-state index contributed by atoms with van der Waals surface area (Å²) in [4.78, 5) is 38.4. The summed E-state index contributed by atoms with van der Waals surface area (Å²) >= 11 is 3.40. The zero-order valence-corrected chi connectivity index (χ0v) is 15.8. The zero-order valence-electron chi connectivity index (χ0n) is 14.2. The summed E-state index contributed by atoms with van der Waals surface area (Å²) in [6.45, 7) is 1.68. The molecule has 2 fully saturated rings. The molecule has 2 aliphatic rings. The molecular formula is C18H22BrN3O3. The van der Waals surface area contributed by atoms with E-state index in [2.05, 4.69) is 26.6 Å². The van der Waals surface area contributed by atoms with Crippen molar-refractivity contribution in [1.29, 1.82) is 0 Å². The van der Waals surface area contributed by atoms with E-state index in [1.807, 2.05) is 19.1 Å². The Morgan fingerprint density at radius 1 is 1.24 bits per heavy atom. The number of imide groups is 1. The summed E-state index contributed by atoms with van der Waals surface area (Å²) in [5.74, 6) is -0.656. The van der Waals surface area contributed by atoms with Crippen molar-refractivity contribution in [2.24, 2.45) is 0 Å². The summed E-state index contributed by atoms with van der Waals surface area (Å²) in [6, 6.07) is 5.10. The Kier molecular flexibility index (Phi) is 5.13. The molecule has 1 saturated heterocycles. The molecule has 0 radical (unpaired) electrons. The van der Waals surface area contributed by atoms with Gasteiger partial charge in [0.2, 0.25) is 5.91 Å². The normalized spacial score (nSPS) is 19.7. The van der Waals surface area contributed by atoms with Gasteiger partial charge in [0, 0.05) is 4.47 Å². The number of aryl methyl sites for hydroxylation is 1. The van der Waals surface area contributed by atoms with Crippen LogP contribution in [0.15, 0.2) is 22.7 Å². The number of nitrogens with one attached hydrogen (secondary N) is 2. The molecule has 0 aromatic heterocycles. The molecule has 1 aliphatic heterocycles. The van der Waals surface area contributed by atoms with Crippen LogP contribution in [0.3, 0.4) is 0 Å². The Bertz CT molecular complexity index is 712. The Hall–Kier alpha value is -1.89. The van der Waals surface area contributed by atoms with Crippen LogP contribution in [0.2, 0.25) is 0 Å². The lowest BCUT2D eigenvalue weighted by Crippen LogP contribution is -2.47. The zero-order chi connectivity index (χ0) is 18.0. The number of anilines is 1. The van der Waals surface area contributed by atoms with Gasteiger partial charge in [0.15, 0.2) is 0 Å². The highest BCUT2D eigenvalue weighted by molar-refractivity contribution is 9.10. The van der Waals surface area contributed by atoms with Crippen LogP contribution in [-0.2, 0) is 9.59 Å². The quantitative estimate of drug-likeness (QED) is 0.754. The predicted octanol–water partition coefficient (Wildman–Crippen LogP) is 3.34. The van der Waals surface area contributed by atoms with E-state index in [9.17, 15) is 14.4 Å². The van der Waals surface area contributed by atoms with Crippen molar-refractivity contribution in [2.75, 3.05) is 11.9 Å². The Labute approximate surface area is 155 Å². The average Bonchev–Trinajstić information content (AvgIpc) is 2.73. The van der Waals surface area contributed by atoms with E-state index < -0.39 is 17.5 Å². The summed E-state index contributed by atoms with van der Waals surface area (Å²) in [5.41, 5.74) is 0.874. The van der Waals surface area contributed by atoms with Crippen molar-refractivity contribution in [2.45, 2.75) is 51.0 Å². The SMILES string of the molecule is Cc1ccc(NC(=O)CN2C(=O)NC3(CCCCCC3)C2=O)c(Br)c1. The summed E-state index contributed by atoms with van der Waals surface area (Å²) < 4.78 is 0.762. The second kappa shape index (κ2) is 7.15. The molecule has 1 heterocycles. The van der Waals surface area contributed by atoms with Crippen LogP contribution in [0, 0.1) is 6.92 Å². The van der Waals surface area contributed by atoms with Crippen LogP contribution in [0.25, 0.3) is 0 Å². The molecule has 7 heteroatoms. The summed E-state index contributed by atoms with van der Waals surface area (Å²) in [5, 5.41) is 5.59. The Balaban J connectivity index is 1.68. The standard InChI is InChI=1S/C18H22BrN3O3/c1-12-6-7-14(13(19)10-12)20-15(23)11-22-16(24)18(21-17(22)25)8-4-2-3-5-9-18/h6-7,10H,2-5,8-9,11H2,1H3,(H,20,23)(H,21,25). The van der Waals surface area contributed by atoms with Crippen LogP contribution in [0.1, 0.15) is 44.1 Å². The highest BCUT2D eigenvalue weighted by Crippen LogP contribution is 2.32. The van der Waals surface area contributed by atoms with E-state index in [4.69, 9.17) is 0 Å². The molecule has 134 valence electrons. The maximum Gasteiger partial charge on any atom is 0.325 e. The molecule has 3 rings (SSSR count). The molecule has 1 aromatic rings. The number of halogens is 1. The van der Waals surface area contributed by atoms with Gasteiger partial charge in [0.1, 0.15) is 12.1 Å². The number of carbonyl (C=O) groups excluding carboxylic acids is 3. The van der Waals surface area contributed by atoms with E-state index in [0.717, 1.165) is 40.6 Å². The lowest BCUT2D eigenvalue weighted by Gasteiger charge is -2.24. The third-order valence-electron chi connectivity index (χ3n) is 4.90. The lowest BCUT2D eigenvalue weighted by atomic mass is 9.90. The molecule has 2 N–H and O–H groups in total. The first-order valence-corrected chi connectivity index (χ1v) is 9.41. The highest BCUT2D eigenvalue weighted by atomic mass is 79.9. The van der Waals surface area contributed by atoms with Crippen molar-refractivity contribution in [1.82, 2.24) is 10.2 Å². The largest absolute Gasteiger partial charge is 0.325 e. The molecule has 25 heavy (non-hydrogen) atoms. The van der Waals surface area contributed by atoms with Crippen LogP contribution in [-0.4, -0.2) is 34.8 Å². The second-order valence-electron chi connectivity index (χ2n) is 6.85. The van der Waals surface area contributed by atoms with E-state index in [-0.39, 0.29) is 12.5 Å². The van der Waals surface area contributed by atoms with Crippen LogP contribution in [0.5, 0.6) is 0 Å². The van der Waals surface area contributed by atoms with Gasteiger partial charge in [-0.3, -0.25) is 14.5 Å². The topological polar surface area (TPSA) is 78.5 Å². The Morgan fingerprint density at radius 3 is 2.56 bits per heavy atom. The van der Waals surface area contributed by atoms with Gasteiger partial charge in [-0.05, 0) is 53.4 Å². The molecule has 0 bridgehead atoms. The smallest absolute Gasteiger partial charge is 0.323 e. The molecule has 0 atom stereocenters. The van der Waals surface area contributed by atoms with Crippen molar-refractivity contribution in [3.05, 3.63) is 28.2 Å². The first-order valence-electron chi connectivity index (χ1n) is 8.61. The number of urea groups is 1. The van der Waals surface area contributed by atoms with Gasteiger partial charge in [-0.25, -0.2) is 4.79 Å². The van der Waals surface area contributed by atoms with Gasteiger partial charge in [-0.2, -0.15) is 0 Å². The molecule has 1 aliphatic carbocycles. The number of carbonyl (C=O) groups is 3. The first-order chi connectivity index (χ1) is 11.9. The van der Waals surface area contributed by atoms with Crippen LogP contribution >= 0.6 is 15.9 Å². The highest BCUT2D eigenvalue weighted by Gasteiger charge is 2.51. The summed E-state index contributed by atoms with van der Waals surface area (Å²) in [6.07, 6.45) is 5.29. The fourth-order valence-electron chi connectivity index (χ4n) is 3.55. The number of amides is 4. The number of hydrogen-bond acceptors (Lipinski definition) is 3. The minimum atomic E-state index is -0.807. The molecular weight excluding hydrogens is 386 g/mol. The van der Waals surface area contributed by atoms with Gasteiger partial charge >= 0.3 is 6.03 Å². The van der Waals surface area contributed by atoms with Crippen molar-refractivity contribution >= 4 is 39.5 Å². The van der Waals surface area contributed by atoms with Crippen LogP contribution in [0.4, 0.5) is 10.5 Å². The van der Waals surface area contributed by atoms with Crippen molar-refractivity contribution in [3.63, 3.8) is 0 Å². The fourth-order valence-corrected chi connectivity index (χ4v) is 4.14. The van der Waals surface area contributed by atoms with Gasteiger partial charge in [0.25, 0.3) is 5.91 Å². The molecule has 1 spiro atoms. The van der Waals surface area contributed by atoms with Crippen molar-refractivity contribution < 1.29 is 14.4 Å². The molecule has 6 nitrogen and oxygen atoms in total. The van der Waals surface area contributed by atoms with Gasteiger partial charge < -0.3 is 10.6 Å². The van der Waals surface area contributed by atoms with E-state index >= 15 is 0 Å². The van der Waals surface area contributed by atoms with Gasteiger partial charge in [0.05, 0.1) is 5.69 Å². The first kappa shape index (κ1) is 17.9. The minimum absolute atomic E-state index is 0.266. The van der Waals surface area contributed by atoms with Gasteiger partial charge in [-0.15, -0.1) is 0 Å². The third kappa shape index (κ3) is 3.71. The molecule has 4 amide bonds. The number of benzene rings is 1. The maximum atomic E-state index is 12.8. The fraction of sp³-hybridized carbons (Fsp3) is 0.500. The van der Waals surface area contributed by atoms with E-state index in [1.54, 1.807) is 6.07 Å². The monoisotopic (exact) mass is 407 g/mol. The molecule has 1 aromatic carbocycles. The number of hydrogen-bond donors (Lipinski definition) is 2. The second-order valence-corrected chi connectivity index (χ2v) is 7.70. The maximum absolute atomic E-state index is 12.8. The van der Waals surface area contributed by atoms with Crippen LogP contribution < -0.4 is 10.6 Å². The lowest BCUT2D eigenvalue weighted by molar-refractivity contribution is -0.134.